The molecule has 0 bridgehead atoms. The minimum absolute atomic E-state index is 0.0287. The molecule has 2 aliphatic carbocycles. The Morgan fingerprint density at radius 1 is 0.969 bits per heavy atom. The fourth-order valence-electron chi connectivity index (χ4n) is 3.81. The number of amides is 1. The smallest absolute Gasteiger partial charge is 0.349 e. The van der Waals surface area contributed by atoms with Crippen molar-refractivity contribution in [2.24, 2.45) is 5.92 Å². The van der Waals surface area contributed by atoms with Crippen molar-refractivity contribution in [2.45, 2.75) is 37.9 Å². The summed E-state index contributed by atoms with van der Waals surface area (Å²) in [5.74, 6) is -0.686. The Morgan fingerprint density at radius 3 is 2.22 bits per heavy atom. The van der Waals surface area contributed by atoms with Crippen molar-refractivity contribution in [3.8, 4) is 0 Å². The van der Waals surface area contributed by atoms with E-state index in [0.29, 0.717) is 18.9 Å². The summed E-state index contributed by atoms with van der Waals surface area (Å²) in [5, 5.41) is 2.66. The predicted octanol–water partition coefficient (Wildman–Crippen LogP) is 6.99. The lowest BCUT2D eigenvalue weighted by molar-refractivity contribution is -0.123. The van der Waals surface area contributed by atoms with E-state index in [2.05, 4.69) is 5.32 Å². The molecule has 0 aromatic heterocycles. The largest absolute Gasteiger partial charge is 0.417 e. The lowest BCUT2D eigenvalue weighted by atomic mass is 9.98. The van der Waals surface area contributed by atoms with Gasteiger partial charge in [0.1, 0.15) is 0 Å². The SMILES string of the molecule is O=C(/C=C(\c1cc(Cl)c(Cl)c(Cl)c1)C(F)(F)F)c1ccc2c(c1)CCC2NC(=O)C1CC1. The molecule has 1 fully saturated rings. The van der Waals surface area contributed by atoms with Crippen LogP contribution in [-0.4, -0.2) is 17.9 Å². The van der Waals surface area contributed by atoms with Crippen LogP contribution in [0.3, 0.4) is 0 Å². The average molecular weight is 503 g/mol. The molecule has 2 aromatic carbocycles. The molecule has 168 valence electrons. The Labute approximate surface area is 197 Å². The number of ketones is 1. The van der Waals surface area contributed by atoms with Gasteiger partial charge in [0.05, 0.1) is 26.7 Å². The fraction of sp³-hybridized carbons (Fsp3) is 0.304. The van der Waals surface area contributed by atoms with Crippen LogP contribution < -0.4 is 5.32 Å². The van der Waals surface area contributed by atoms with Crippen LogP contribution in [0.1, 0.15) is 52.4 Å². The van der Waals surface area contributed by atoms with E-state index < -0.39 is 17.5 Å². The number of benzene rings is 2. The maximum atomic E-state index is 13.7. The van der Waals surface area contributed by atoms with Crippen molar-refractivity contribution < 1.29 is 22.8 Å². The summed E-state index contributed by atoms with van der Waals surface area (Å²) in [7, 11) is 0. The first kappa shape index (κ1) is 23.1. The van der Waals surface area contributed by atoms with Crippen molar-refractivity contribution in [3.05, 3.63) is 73.7 Å². The lowest BCUT2D eigenvalue weighted by Gasteiger charge is -2.15. The molecule has 1 unspecified atom stereocenters. The number of aryl methyl sites for hydroxylation is 1. The van der Waals surface area contributed by atoms with Gasteiger partial charge in [-0.1, -0.05) is 46.9 Å². The number of halogens is 6. The first-order chi connectivity index (χ1) is 15.0. The van der Waals surface area contributed by atoms with E-state index in [1.54, 1.807) is 12.1 Å². The summed E-state index contributed by atoms with van der Waals surface area (Å²) >= 11 is 17.6. The number of nitrogens with one attached hydrogen (secondary N) is 1. The van der Waals surface area contributed by atoms with Gasteiger partial charge in [0.15, 0.2) is 5.78 Å². The molecule has 1 amide bonds. The normalized spacial score (nSPS) is 18.4. The Morgan fingerprint density at radius 2 is 1.62 bits per heavy atom. The van der Waals surface area contributed by atoms with Crippen LogP contribution in [0.4, 0.5) is 13.2 Å². The lowest BCUT2D eigenvalue weighted by Crippen LogP contribution is -2.28. The molecule has 2 aromatic rings. The third-order valence-corrected chi connectivity index (χ3v) is 6.84. The number of hydrogen-bond donors (Lipinski definition) is 1. The molecule has 32 heavy (non-hydrogen) atoms. The van der Waals surface area contributed by atoms with Gasteiger partial charge in [0.2, 0.25) is 5.91 Å². The summed E-state index contributed by atoms with van der Waals surface area (Å²) in [4.78, 5) is 24.8. The van der Waals surface area contributed by atoms with Gasteiger partial charge in [-0.3, -0.25) is 9.59 Å². The fourth-order valence-corrected chi connectivity index (χ4v) is 4.41. The highest BCUT2D eigenvalue weighted by Gasteiger charge is 2.36. The second-order valence-corrected chi connectivity index (χ2v) is 9.15. The van der Waals surface area contributed by atoms with Crippen molar-refractivity contribution >= 4 is 52.1 Å². The van der Waals surface area contributed by atoms with Crippen LogP contribution >= 0.6 is 34.8 Å². The van der Waals surface area contributed by atoms with Gasteiger partial charge in [0.25, 0.3) is 0 Å². The van der Waals surface area contributed by atoms with Crippen molar-refractivity contribution in [3.63, 3.8) is 0 Å². The van der Waals surface area contributed by atoms with Gasteiger partial charge in [-0.15, -0.1) is 0 Å². The highest BCUT2D eigenvalue weighted by molar-refractivity contribution is 6.48. The number of carbonyl (C=O) groups is 2. The summed E-state index contributed by atoms with van der Waals surface area (Å²) in [5.41, 5.74) is 0.349. The van der Waals surface area contributed by atoms with Crippen LogP contribution in [0.15, 0.2) is 36.4 Å². The molecule has 9 heteroatoms. The molecule has 0 aliphatic heterocycles. The van der Waals surface area contributed by atoms with Gasteiger partial charge in [0, 0.05) is 11.5 Å². The number of rotatable bonds is 5. The summed E-state index contributed by atoms with van der Waals surface area (Å²) < 4.78 is 41.2. The highest BCUT2D eigenvalue weighted by Crippen LogP contribution is 2.40. The van der Waals surface area contributed by atoms with Crippen LogP contribution in [0, 0.1) is 5.92 Å². The van der Waals surface area contributed by atoms with E-state index in [9.17, 15) is 22.8 Å². The van der Waals surface area contributed by atoms with Crippen LogP contribution in [0.2, 0.25) is 15.1 Å². The minimum atomic E-state index is -4.81. The third-order valence-electron chi connectivity index (χ3n) is 5.65. The second kappa shape index (κ2) is 8.73. The van der Waals surface area contributed by atoms with Gasteiger partial charge in [-0.05, 0) is 66.6 Å². The first-order valence-electron chi connectivity index (χ1n) is 9.96. The third kappa shape index (κ3) is 4.82. The minimum Gasteiger partial charge on any atom is -0.349 e. The number of carbonyl (C=O) groups excluding carboxylic acids is 2. The first-order valence-corrected chi connectivity index (χ1v) is 11.1. The molecule has 0 radical (unpaired) electrons. The average Bonchev–Trinajstić information content (AvgIpc) is 3.51. The molecule has 1 saturated carbocycles. The van der Waals surface area contributed by atoms with Gasteiger partial charge in [-0.2, -0.15) is 13.2 Å². The number of allylic oxidation sites excluding steroid dienone is 2. The van der Waals surface area contributed by atoms with Crippen LogP contribution in [0.5, 0.6) is 0 Å². The summed E-state index contributed by atoms with van der Waals surface area (Å²) in [6.45, 7) is 0. The predicted molar refractivity (Wildman–Crippen MR) is 118 cm³/mol. The van der Waals surface area contributed by atoms with Gasteiger partial charge >= 0.3 is 6.18 Å². The van der Waals surface area contributed by atoms with E-state index in [1.807, 2.05) is 0 Å². The van der Waals surface area contributed by atoms with Gasteiger partial charge < -0.3 is 5.32 Å². The Kier molecular flexibility index (Phi) is 6.31. The molecule has 0 saturated heterocycles. The number of fused-ring (bicyclic) bond motifs is 1. The molecule has 0 spiro atoms. The zero-order chi connectivity index (χ0) is 23.2. The molecular weight excluding hydrogens is 486 g/mol. The molecule has 0 heterocycles. The molecule has 4 rings (SSSR count). The van der Waals surface area contributed by atoms with E-state index in [4.69, 9.17) is 34.8 Å². The maximum absolute atomic E-state index is 13.7. The molecule has 1 N–H and O–H groups in total. The second-order valence-electron chi connectivity index (χ2n) is 7.96. The molecule has 1 atom stereocenters. The maximum Gasteiger partial charge on any atom is 0.417 e. The Balaban J connectivity index is 1.62. The van der Waals surface area contributed by atoms with Crippen LogP contribution in [0.25, 0.3) is 5.57 Å². The molecule has 2 aliphatic rings. The van der Waals surface area contributed by atoms with E-state index >= 15 is 0 Å². The zero-order valence-corrected chi connectivity index (χ0v) is 18.8. The van der Waals surface area contributed by atoms with E-state index in [1.165, 1.54) is 6.07 Å². The Hall–Kier alpha value is -2.02. The highest BCUT2D eigenvalue weighted by atomic mass is 35.5. The number of hydrogen-bond acceptors (Lipinski definition) is 2. The monoisotopic (exact) mass is 501 g/mol. The van der Waals surface area contributed by atoms with E-state index in [-0.39, 0.29) is 44.1 Å². The number of alkyl halides is 3. The van der Waals surface area contributed by atoms with E-state index in [0.717, 1.165) is 36.1 Å². The standard InChI is InChI=1S/C23H17Cl3F3NO2/c24-17-8-14(9-18(25)21(17)26)16(23(27,28)29)10-20(31)13-3-5-15-12(7-13)4-6-19(15)30-22(32)11-1-2-11/h3,5,7-11,19H,1-2,4,6H2,(H,30,32)/b16-10+. The van der Waals surface area contributed by atoms with Crippen molar-refractivity contribution in [2.75, 3.05) is 0 Å². The Bertz CT molecular complexity index is 1120. The van der Waals surface area contributed by atoms with Crippen molar-refractivity contribution in [1.82, 2.24) is 5.32 Å². The zero-order valence-electron chi connectivity index (χ0n) is 16.5. The quantitative estimate of drug-likeness (QED) is 0.272. The van der Waals surface area contributed by atoms with Gasteiger partial charge in [-0.25, -0.2) is 0 Å². The van der Waals surface area contributed by atoms with Crippen molar-refractivity contribution in [1.29, 1.82) is 0 Å². The molecular formula is C23H17Cl3F3NO2. The van der Waals surface area contributed by atoms with Crippen LogP contribution in [-0.2, 0) is 11.2 Å². The summed E-state index contributed by atoms with van der Waals surface area (Å²) in [6, 6.07) is 6.69. The summed E-state index contributed by atoms with van der Waals surface area (Å²) in [6.07, 6.45) is -1.15. The topological polar surface area (TPSA) is 46.2 Å². The molecule has 3 nitrogen and oxygen atoms in total.